The maximum absolute atomic E-state index is 12.0. The Labute approximate surface area is 124 Å². The second kappa shape index (κ2) is 6.47. The lowest BCUT2D eigenvalue weighted by molar-refractivity contribution is -0.130. The van der Waals surface area contributed by atoms with Crippen molar-refractivity contribution in [1.82, 2.24) is 5.32 Å². The minimum atomic E-state index is -0.970. The second-order valence-corrected chi connectivity index (χ2v) is 5.67. The van der Waals surface area contributed by atoms with E-state index in [9.17, 15) is 14.7 Å². The lowest BCUT2D eigenvalue weighted by atomic mass is 10.1. The normalized spacial score (nSPS) is 12.4. The molecule has 0 aliphatic carbocycles. The largest absolute Gasteiger partial charge is 0.507 e. The molecule has 0 aliphatic heterocycles. The van der Waals surface area contributed by atoms with Gasteiger partial charge in [0.1, 0.15) is 17.1 Å². The van der Waals surface area contributed by atoms with Crippen molar-refractivity contribution in [3.05, 3.63) is 23.8 Å². The molecule has 0 saturated carbocycles. The highest BCUT2D eigenvalue weighted by molar-refractivity contribution is 5.95. The predicted molar refractivity (Wildman–Crippen MR) is 77.4 cm³/mol. The first-order valence-electron chi connectivity index (χ1n) is 6.54. The van der Waals surface area contributed by atoms with E-state index >= 15 is 0 Å². The molecule has 1 aromatic rings. The van der Waals surface area contributed by atoms with Crippen molar-refractivity contribution in [2.75, 3.05) is 7.11 Å². The maximum Gasteiger partial charge on any atom is 0.342 e. The molecule has 0 heterocycles. The number of methoxy groups -OCH3 is 1. The van der Waals surface area contributed by atoms with Crippen molar-refractivity contribution in [2.24, 2.45) is 0 Å². The van der Waals surface area contributed by atoms with Gasteiger partial charge in [0.05, 0.1) is 7.11 Å². The minimum absolute atomic E-state index is 0.0511. The summed E-state index contributed by atoms with van der Waals surface area (Å²) in [6, 6.07) is 4.20. The van der Waals surface area contributed by atoms with Crippen LogP contribution in [0.5, 0.6) is 11.5 Å². The molecule has 0 spiro atoms. The molecule has 0 radical (unpaired) electrons. The van der Waals surface area contributed by atoms with Gasteiger partial charge in [-0.1, -0.05) is 0 Å². The molecule has 0 aliphatic rings. The summed E-state index contributed by atoms with van der Waals surface area (Å²) in [5, 5.41) is 12.4. The Morgan fingerprint density at radius 1 is 1.29 bits per heavy atom. The van der Waals surface area contributed by atoms with Crippen LogP contribution in [-0.4, -0.2) is 35.7 Å². The Bertz CT molecular complexity index is 533. The van der Waals surface area contributed by atoms with E-state index in [1.54, 1.807) is 0 Å². The van der Waals surface area contributed by atoms with E-state index in [-0.39, 0.29) is 11.3 Å². The number of carbonyl (C=O) groups excluding carboxylic acids is 2. The second-order valence-electron chi connectivity index (χ2n) is 5.67. The average molecular weight is 295 g/mol. The highest BCUT2D eigenvalue weighted by Gasteiger charge is 2.24. The van der Waals surface area contributed by atoms with Crippen LogP contribution in [-0.2, 0) is 9.53 Å². The van der Waals surface area contributed by atoms with E-state index in [4.69, 9.17) is 9.47 Å². The summed E-state index contributed by atoms with van der Waals surface area (Å²) in [5.74, 6) is -1.02. The van der Waals surface area contributed by atoms with Gasteiger partial charge >= 0.3 is 5.97 Å². The van der Waals surface area contributed by atoms with E-state index in [2.05, 4.69) is 5.32 Å². The smallest absolute Gasteiger partial charge is 0.342 e. The Morgan fingerprint density at radius 3 is 2.43 bits per heavy atom. The summed E-state index contributed by atoms with van der Waals surface area (Å²) in [4.78, 5) is 23.9. The number of benzene rings is 1. The number of carbonyl (C=O) groups is 2. The van der Waals surface area contributed by atoms with Crippen molar-refractivity contribution in [1.29, 1.82) is 0 Å². The monoisotopic (exact) mass is 295 g/mol. The van der Waals surface area contributed by atoms with Gasteiger partial charge in [-0.2, -0.15) is 0 Å². The van der Waals surface area contributed by atoms with Crippen molar-refractivity contribution in [3.8, 4) is 11.5 Å². The van der Waals surface area contributed by atoms with Crippen LogP contribution in [0, 0.1) is 0 Å². The van der Waals surface area contributed by atoms with Gasteiger partial charge in [-0.15, -0.1) is 0 Å². The molecule has 0 bridgehead atoms. The van der Waals surface area contributed by atoms with Crippen molar-refractivity contribution < 1.29 is 24.2 Å². The zero-order valence-electron chi connectivity index (χ0n) is 12.9. The van der Waals surface area contributed by atoms with Crippen molar-refractivity contribution in [2.45, 2.75) is 39.3 Å². The van der Waals surface area contributed by atoms with Gasteiger partial charge in [0, 0.05) is 5.54 Å². The minimum Gasteiger partial charge on any atom is -0.507 e. The van der Waals surface area contributed by atoms with Crippen LogP contribution in [0.2, 0.25) is 0 Å². The van der Waals surface area contributed by atoms with Gasteiger partial charge in [0.15, 0.2) is 6.10 Å². The molecule has 2 N–H and O–H groups in total. The molecule has 1 amide bonds. The fraction of sp³-hybridized carbons (Fsp3) is 0.467. The van der Waals surface area contributed by atoms with Crippen LogP contribution in [0.4, 0.5) is 0 Å². The van der Waals surface area contributed by atoms with Crippen LogP contribution in [0.15, 0.2) is 18.2 Å². The fourth-order valence-corrected chi connectivity index (χ4v) is 1.55. The van der Waals surface area contributed by atoms with Crippen molar-refractivity contribution >= 4 is 11.9 Å². The van der Waals surface area contributed by atoms with Gasteiger partial charge in [0.2, 0.25) is 0 Å². The molecule has 6 nitrogen and oxygen atoms in total. The van der Waals surface area contributed by atoms with Gasteiger partial charge in [-0.25, -0.2) is 4.79 Å². The summed E-state index contributed by atoms with van der Waals surface area (Å²) < 4.78 is 10.0. The van der Waals surface area contributed by atoms with Crippen LogP contribution in [0.1, 0.15) is 38.1 Å². The molecule has 0 fully saturated rings. The summed E-state index contributed by atoms with van der Waals surface area (Å²) in [7, 11) is 1.45. The first kappa shape index (κ1) is 16.8. The Hall–Kier alpha value is -2.24. The molecule has 0 saturated heterocycles. The topological polar surface area (TPSA) is 84.9 Å². The van der Waals surface area contributed by atoms with E-state index in [0.717, 1.165) is 0 Å². The molecule has 0 aromatic heterocycles. The third-order valence-electron chi connectivity index (χ3n) is 2.57. The lowest BCUT2D eigenvalue weighted by Gasteiger charge is -2.23. The molecule has 116 valence electrons. The van der Waals surface area contributed by atoms with E-state index in [1.807, 2.05) is 20.8 Å². The first-order valence-corrected chi connectivity index (χ1v) is 6.54. The van der Waals surface area contributed by atoms with Crippen LogP contribution >= 0.6 is 0 Å². The lowest BCUT2D eigenvalue weighted by Crippen LogP contribution is -2.46. The summed E-state index contributed by atoms with van der Waals surface area (Å²) in [6.07, 6.45) is -0.970. The van der Waals surface area contributed by atoms with Crippen molar-refractivity contribution in [3.63, 3.8) is 0 Å². The van der Waals surface area contributed by atoms with Gasteiger partial charge in [-0.3, -0.25) is 4.79 Å². The van der Waals surface area contributed by atoms with Crippen LogP contribution in [0.25, 0.3) is 0 Å². The highest BCUT2D eigenvalue weighted by Crippen LogP contribution is 2.24. The standard InChI is InChI=1S/C15H21NO5/c1-9(13(18)16-15(2,3)4)21-14(19)11-8-10(20-5)6-7-12(11)17/h6-9,17H,1-5H3,(H,16,18)/t9-/m1/s1. The van der Waals surface area contributed by atoms with Crippen LogP contribution in [0.3, 0.4) is 0 Å². The summed E-state index contributed by atoms with van der Waals surface area (Å²) in [5.41, 5.74) is -0.472. The zero-order valence-corrected chi connectivity index (χ0v) is 12.9. The molecule has 1 rings (SSSR count). The number of hydrogen-bond donors (Lipinski definition) is 2. The van der Waals surface area contributed by atoms with Gasteiger partial charge in [-0.05, 0) is 45.9 Å². The predicted octanol–water partition coefficient (Wildman–Crippen LogP) is 1.86. The molecule has 21 heavy (non-hydrogen) atoms. The molecule has 1 aromatic carbocycles. The molecule has 6 heteroatoms. The van der Waals surface area contributed by atoms with Gasteiger partial charge < -0.3 is 19.9 Å². The highest BCUT2D eigenvalue weighted by atomic mass is 16.5. The number of nitrogens with one attached hydrogen (secondary N) is 1. The number of esters is 1. The van der Waals surface area contributed by atoms with E-state index in [1.165, 1.54) is 32.2 Å². The van der Waals surface area contributed by atoms with E-state index in [0.29, 0.717) is 5.75 Å². The molecular formula is C15H21NO5. The SMILES string of the molecule is COc1ccc(O)c(C(=O)O[C@H](C)C(=O)NC(C)(C)C)c1. The Morgan fingerprint density at radius 2 is 1.90 bits per heavy atom. The fourth-order valence-electron chi connectivity index (χ4n) is 1.55. The summed E-state index contributed by atoms with van der Waals surface area (Å²) in [6.45, 7) is 6.95. The first-order chi connectivity index (χ1) is 9.64. The summed E-state index contributed by atoms with van der Waals surface area (Å²) >= 11 is 0. The molecular weight excluding hydrogens is 274 g/mol. The average Bonchev–Trinajstić information content (AvgIpc) is 2.37. The third-order valence-corrected chi connectivity index (χ3v) is 2.57. The van der Waals surface area contributed by atoms with Gasteiger partial charge in [0.25, 0.3) is 5.91 Å². The molecule has 0 unspecified atom stereocenters. The number of hydrogen-bond acceptors (Lipinski definition) is 5. The Balaban J connectivity index is 2.79. The number of aromatic hydroxyl groups is 1. The zero-order chi connectivity index (χ0) is 16.2. The number of amides is 1. The molecule has 1 atom stereocenters. The number of ether oxygens (including phenoxy) is 2. The van der Waals surface area contributed by atoms with Crippen LogP contribution < -0.4 is 10.1 Å². The van der Waals surface area contributed by atoms with E-state index < -0.39 is 23.5 Å². The number of phenolic OH excluding ortho intramolecular Hbond substituents is 1. The third kappa shape index (κ3) is 4.98. The number of phenols is 1. The quantitative estimate of drug-likeness (QED) is 0.828. The number of rotatable bonds is 4. The maximum atomic E-state index is 12.0. The Kier molecular flexibility index (Phi) is 5.18.